The van der Waals surface area contributed by atoms with Crippen molar-refractivity contribution in [1.82, 2.24) is 10.3 Å². The van der Waals surface area contributed by atoms with Crippen LogP contribution in [-0.2, 0) is 4.74 Å². The van der Waals surface area contributed by atoms with E-state index >= 15 is 0 Å². The molecule has 1 aliphatic heterocycles. The molecular formula is C17H17N3O2. The number of rotatable bonds is 4. The summed E-state index contributed by atoms with van der Waals surface area (Å²) in [4.78, 5) is 14.8. The van der Waals surface area contributed by atoms with Crippen molar-refractivity contribution in [2.75, 3.05) is 13.2 Å². The fourth-order valence-corrected chi connectivity index (χ4v) is 2.77. The van der Waals surface area contributed by atoms with Crippen LogP contribution in [0, 0.1) is 17.2 Å². The van der Waals surface area contributed by atoms with Crippen molar-refractivity contribution in [3.8, 4) is 6.07 Å². The van der Waals surface area contributed by atoms with Gasteiger partial charge in [-0.3, -0.25) is 4.79 Å². The van der Waals surface area contributed by atoms with Gasteiger partial charge < -0.3 is 15.0 Å². The van der Waals surface area contributed by atoms with Gasteiger partial charge in [0.15, 0.2) is 0 Å². The number of hydrogen-bond donors (Lipinski definition) is 2. The van der Waals surface area contributed by atoms with E-state index in [1.807, 2.05) is 24.3 Å². The summed E-state index contributed by atoms with van der Waals surface area (Å²) in [6.45, 7) is 1.27. The number of amides is 1. The van der Waals surface area contributed by atoms with E-state index in [9.17, 15) is 4.79 Å². The lowest BCUT2D eigenvalue weighted by Crippen LogP contribution is -2.30. The third kappa shape index (κ3) is 3.02. The van der Waals surface area contributed by atoms with Crippen molar-refractivity contribution >= 4 is 5.91 Å². The van der Waals surface area contributed by atoms with Crippen LogP contribution in [0.4, 0.5) is 0 Å². The van der Waals surface area contributed by atoms with Crippen molar-refractivity contribution in [1.29, 1.82) is 5.26 Å². The highest BCUT2D eigenvalue weighted by atomic mass is 16.5. The van der Waals surface area contributed by atoms with Gasteiger partial charge in [0.1, 0.15) is 11.8 Å². The molecule has 1 amide bonds. The van der Waals surface area contributed by atoms with Crippen LogP contribution in [0.5, 0.6) is 0 Å². The summed E-state index contributed by atoms with van der Waals surface area (Å²) in [6.07, 6.45) is 2.51. The molecule has 1 aromatic carbocycles. The van der Waals surface area contributed by atoms with E-state index in [4.69, 9.17) is 10.00 Å². The van der Waals surface area contributed by atoms with E-state index in [0.717, 1.165) is 12.0 Å². The first kappa shape index (κ1) is 14.4. The molecule has 112 valence electrons. The largest absolute Gasteiger partial charge is 0.373 e. The van der Waals surface area contributed by atoms with Crippen molar-refractivity contribution < 1.29 is 9.53 Å². The summed E-state index contributed by atoms with van der Waals surface area (Å²) in [7, 11) is 0. The van der Waals surface area contributed by atoms with Crippen LogP contribution in [0.25, 0.3) is 0 Å². The molecule has 2 aromatic rings. The molecule has 5 heteroatoms. The maximum absolute atomic E-state index is 12.1. The van der Waals surface area contributed by atoms with Gasteiger partial charge in [0.2, 0.25) is 0 Å². The smallest absolute Gasteiger partial charge is 0.252 e. The Labute approximate surface area is 128 Å². The summed E-state index contributed by atoms with van der Waals surface area (Å²) in [6, 6.07) is 13.6. The van der Waals surface area contributed by atoms with E-state index in [-0.39, 0.29) is 17.9 Å². The van der Waals surface area contributed by atoms with Gasteiger partial charge in [0.05, 0.1) is 11.7 Å². The molecule has 1 aliphatic rings. The van der Waals surface area contributed by atoms with E-state index < -0.39 is 0 Å². The van der Waals surface area contributed by atoms with Gasteiger partial charge in [-0.1, -0.05) is 30.3 Å². The molecule has 22 heavy (non-hydrogen) atoms. The highest BCUT2D eigenvalue weighted by Crippen LogP contribution is 2.33. The number of ether oxygens (including phenoxy) is 1. The molecule has 1 fully saturated rings. The first-order valence-electron chi connectivity index (χ1n) is 7.31. The SMILES string of the molecule is N#Cc1cc(C(=O)NC[C@H]2CCO[C@@H]2c2ccccc2)c[nH]1. The lowest BCUT2D eigenvalue weighted by molar-refractivity contribution is 0.0846. The van der Waals surface area contributed by atoms with E-state index in [1.165, 1.54) is 0 Å². The molecule has 0 unspecified atom stereocenters. The fraction of sp³-hybridized carbons (Fsp3) is 0.294. The number of carbonyl (C=O) groups excluding carboxylic acids is 1. The number of nitrogens with one attached hydrogen (secondary N) is 2. The summed E-state index contributed by atoms with van der Waals surface area (Å²) >= 11 is 0. The maximum atomic E-state index is 12.1. The quantitative estimate of drug-likeness (QED) is 0.909. The molecule has 0 spiro atoms. The second-order valence-electron chi connectivity index (χ2n) is 5.37. The average Bonchev–Trinajstić information content (AvgIpc) is 3.22. The number of H-pyrrole nitrogens is 1. The highest BCUT2D eigenvalue weighted by Gasteiger charge is 2.29. The van der Waals surface area contributed by atoms with Gasteiger partial charge in [-0.25, -0.2) is 0 Å². The molecule has 5 nitrogen and oxygen atoms in total. The van der Waals surface area contributed by atoms with Gasteiger partial charge in [-0.05, 0) is 18.1 Å². The van der Waals surface area contributed by atoms with Crippen molar-refractivity contribution in [2.24, 2.45) is 5.92 Å². The van der Waals surface area contributed by atoms with Gasteiger partial charge in [0.25, 0.3) is 5.91 Å². The summed E-state index contributed by atoms with van der Waals surface area (Å²) in [5, 5.41) is 11.7. The lowest BCUT2D eigenvalue weighted by Gasteiger charge is -2.19. The Hall–Kier alpha value is -2.58. The summed E-state index contributed by atoms with van der Waals surface area (Å²) < 4.78 is 5.81. The molecule has 0 bridgehead atoms. The number of aromatic nitrogens is 1. The Morgan fingerprint density at radius 3 is 2.95 bits per heavy atom. The first-order valence-corrected chi connectivity index (χ1v) is 7.31. The molecule has 0 aliphatic carbocycles. The van der Waals surface area contributed by atoms with Gasteiger partial charge in [-0.15, -0.1) is 0 Å². The van der Waals surface area contributed by atoms with Gasteiger partial charge >= 0.3 is 0 Å². The zero-order chi connectivity index (χ0) is 15.4. The van der Waals surface area contributed by atoms with Gasteiger partial charge in [-0.2, -0.15) is 5.26 Å². The van der Waals surface area contributed by atoms with Crippen LogP contribution < -0.4 is 5.32 Å². The zero-order valence-electron chi connectivity index (χ0n) is 12.1. The molecule has 1 aromatic heterocycles. The Balaban J connectivity index is 1.61. The first-order chi connectivity index (χ1) is 10.8. The Bertz CT molecular complexity index is 687. The molecular weight excluding hydrogens is 278 g/mol. The molecule has 0 saturated carbocycles. The fourth-order valence-electron chi connectivity index (χ4n) is 2.77. The minimum atomic E-state index is -0.170. The average molecular weight is 295 g/mol. The molecule has 2 N–H and O–H groups in total. The number of hydrogen-bond acceptors (Lipinski definition) is 3. The van der Waals surface area contributed by atoms with Crippen LogP contribution in [0.2, 0.25) is 0 Å². The standard InChI is InChI=1S/C17H17N3O2/c18-9-15-8-14(11-19-15)17(21)20-10-13-6-7-22-16(13)12-4-2-1-3-5-12/h1-5,8,11,13,16,19H,6-7,10H2,(H,20,21)/t13-,16-/m1/s1. The van der Waals surface area contributed by atoms with Crippen LogP contribution in [0.1, 0.15) is 34.1 Å². The molecule has 0 radical (unpaired) electrons. The van der Waals surface area contributed by atoms with Gasteiger partial charge in [0, 0.05) is 25.3 Å². The van der Waals surface area contributed by atoms with E-state index in [0.29, 0.717) is 24.4 Å². The van der Waals surface area contributed by atoms with Crippen LogP contribution in [0.3, 0.4) is 0 Å². The summed E-state index contributed by atoms with van der Waals surface area (Å²) in [5.74, 6) is 0.0946. The molecule has 2 heterocycles. The minimum absolute atomic E-state index is 0.0300. The number of nitriles is 1. The predicted octanol–water partition coefficient (Wildman–Crippen LogP) is 2.39. The number of nitrogens with zero attached hydrogens (tertiary/aromatic N) is 1. The Morgan fingerprint density at radius 2 is 2.23 bits per heavy atom. The van der Waals surface area contributed by atoms with Crippen LogP contribution in [-0.4, -0.2) is 24.0 Å². The lowest BCUT2D eigenvalue weighted by atomic mass is 9.95. The van der Waals surface area contributed by atoms with E-state index in [1.54, 1.807) is 12.3 Å². The normalized spacial score (nSPS) is 20.5. The Kier molecular flexibility index (Phi) is 4.22. The number of carbonyl (C=O) groups is 1. The molecule has 1 saturated heterocycles. The number of benzene rings is 1. The van der Waals surface area contributed by atoms with Crippen molar-refractivity contribution in [2.45, 2.75) is 12.5 Å². The highest BCUT2D eigenvalue weighted by molar-refractivity contribution is 5.94. The minimum Gasteiger partial charge on any atom is -0.373 e. The third-order valence-electron chi connectivity index (χ3n) is 3.93. The van der Waals surface area contributed by atoms with Crippen molar-refractivity contribution in [3.05, 3.63) is 59.4 Å². The predicted molar refractivity (Wildman–Crippen MR) is 81.1 cm³/mol. The molecule has 3 rings (SSSR count). The second kappa shape index (κ2) is 6.46. The van der Waals surface area contributed by atoms with Crippen LogP contribution >= 0.6 is 0 Å². The number of aromatic amines is 1. The third-order valence-corrected chi connectivity index (χ3v) is 3.93. The molecule has 2 atom stereocenters. The van der Waals surface area contributed by atoms with Crippen molar-refractivity contribution in [3.63, 3.8) is 0 Å². The monoisotopic (exact) mass is 295 g/mol. The zero-order valence-corrected chi connectivity index (χ0v) is 12.1. The van der Waals surface area contributed by atoms with Crippen LogP contribution in [0.15, 0.2) is 42.6 Å². The second-order valence-corrected chi connectivity index (χ2v) is 5.37. The van der Waals surface area contributed by atoms with E-state index in [2.05, 4.69) is 22.4 Å². The topological polar surface area (TPSA) is 77.9 Å². The maximum Gasteiger partial charge on any atom is 0.252 e. The summed E-state index contributed by atoms with van der Waals surface area (Å²) in [5.41, 5.74) is 2.01. The Morgan fingerprint density at radius 1 is 1.41 bits per heavy atom.